The van der Waals surface area contributed by atoms with Crippen LogP contribution in [0.25, 0.3) is 16.9 Å². The Bertz CT molecular complexity index is 1300. The number of amides is 1. The van der Waals surface area contributed by atoms with E-state index in [0.717, 1.165) is 40.9 Å². The van der Waals surface area contributed by atoms with E-state index in [9.17, 15) is 9.59 Å². The van der Waals surface area contributed by atoms with Crippen LogP contribution in [0, 0.1) is 6.92 Å². The number of H-pyrrole nitrogens is 1. The van der Waals surface area contributed by atoms with Gasteiger partial charge in [0.05, 0.1) is 11.4 Å². The third-order valence-corrected chi connectivity index (χ3v) is 6.04. The van der Waals surface area contributed by atoms with Crippen LogP contribution in [0.15, 0.2) is 65.7 Å². The zero-order chi connectivity index (χ0) is 21.4. The number of hydrogen-bond acceptors (Lipinski definition) is 4. The first-order valence-electron chi connectivity index (χ1n) is 10.5. The lowest BCUT2D eigenvalue weighted by molar-refractivity contribution is 0.0711. The monoisotopic (exact) mass is 413 g/mol. The number of nitrogens with one attached hydrogen (secondary N) is 1. The van der Waals surface area contributed by atoms with E-state index in [0.29, 0.717) is 18.7 Å². The summed E-state index contributed by atoms with van der Waals surface area (Å²) in [6.45, 7) is 3.28. The van der Waals surface area contributed by atoms with Gasteiger partial charge in [0.2, 0.25) is 0 Å². The number of carbonyl (C=O) groups excluding carboxylic acids is 1. The van der Waals surface area contributed by atoms with E-state index in [2.05, 4.69) is 10.1 Å². The molecule has 1 aliphatic heterocycles. The van der Waals surface area contributed by atoms with Gasteiger partial charge in [0, 0.05) is 54.7 Å². The summed E-state index contributed by atoms with van der Waals surface area (Å²) >= 11 is 0. The molecule has 1 amide bonds. The van der Waals surface area contributed by atoms with E-state index in [1.54, 1.807) is 18.5 Å². The fourth-order valence-corrected chi connectivity index (χ4v) is 4.26. The van der Waals surface area contributed by atoms with Crippen molar-refractivity contribution in [3.63, 3.8) is 0 Å². The number of hydrogen-bond donors (Lipinski definition) is 1. The Labute approximate surface area is 179 Å². The van der Waals surface area contributed by atoms with E-state index < -0.39 is 0 Å². The van der Waals surface area contributed by atoms with Gasteiger partial charge in [0.15, 0.2) is 5.65 Å². The lowest BCUT2D eigenvalue weighted by Crippen LogP contribution is -2.38. The van der Waals surface area contributed by atoms with Crippen molar-refractivity contribution < 1.29 is 4.79 Å². The molecule has 0 aliphatic carbocycles. The number of aryl methyl sites for hydroxylation is 1. The molecule has 156 valence electrons. The van der Waals surface area contributed by atoms with Gasteiger partial charge in [-0.15, -0.1) is 0 Å². The smallest absolute Gasteiger partial charge is 0.272 e. The molecule has 0 radical (unpaired) electrons. The molecular weight excluding hydrogens is 390 g/mol. The van der Waals surface area contributed by atoms with Crippen LogP contribution in [0.2, 0.25) is 0 Å². The third-order valence-electron chi connectivity index (χ3n) is 6.04. The lowest BCUT2D eigenvalue weighted by atomic mass is 9.92. The first-order valence-corrected chi connectivity index (χ1v) is 10.5. The quantitative estimate of drug-likeness (QED) is 0.558. The number of carbonyl (C=O) groups is 1. The topological polar surface area (TPSA) is 83.4 Å². The minimum atomic E-state index is -0.126. The Kier molecular flexibility index (Phi) is 4.86. The number of fused-ring (bicyclic) bond motifs is 1. The van der Waals surface area contributed by atoms with Crippen molar-refractivity contribution in [2.24, 2.45) is 0 Å². The van der Waals surface area contributed by atoms with Crippen molar-refractivity contribution in [2.75, 3.05) is 13.1 Å². The van der Waals surface area contributed by atoms with Gasteiger partial charge in [0.1, 0.15) is 0 Å². The molecule has 0 bridgehead atoms. The zero-order valence-corrected chi connectivity index (χ0v) is 17.3. The van der Waals surface area contributed by atoms with Crippen molar-refractivity contribution in [3.8, 4) is 11.3 Å². The summed E-state index contributed by atoms with van der Waals surface area (Å²) in [5, 5.41) is 3.12. The molecule has 1 aliphatic rings. The maximum absolute atomic E-state index is 12.9. The van der Waals surface area contributed by atoms with Crippen LogP contribution in [0.4, 0.5) is 0 Å². The molecule has 1 N–H and O–H groups in total. The molecule has 7 nitrogen and oxygen atoms in total. The highest BCUT2D eigenvalue weighted by Gasteiger charge is 2.26. The number of likely N-dealkylation sites (tertiary alicyclic amines) is 1. The molecule has 4 aromatic rings. The molecule has 0 saturated carbocycles. The van der Waals surface area contributed by atoms with Crippen molar-refractivity contribution in [2.45, 2.75) is 25.7 Å². The number of piperidine rings is 1. The van der Waals surface area contributed by atoms with Gasteiger partial charge in [-0.3, -0.25) is 19.7 Å². The van der Waals surface area contributed by atoms with E-state index in [1.165, 1.54) is 4.52 Å². The Hall–Kier alpha value is -3.74. The minimum Gasteiger partial charge on any atom is -0.339 e. The van der Waals surface area contributed by atoms with Gasteiger partial charge in [-0.25, -0.2) is 9.50 Å². The predicted molar refractivity (Wildman–Crippen MR) is 118 cm³/mol. The number of nitrogens with zero attached hydrogens (tertiary/aromatic N) is 4. The fraction of sp³-hybridized carbons (Fsp3) is 0.250. The highest BCUT2D eigenvalue weighted by molar-refractivity contribution is 5.95. The van der Waals surface area contributed by atoms with E-state index in [1.807, 2.05) is 54.3 Å². The van der Waals surface area contributed by atoms with Gasteiger partial charge in [-0.2, -0.15) is 0 Å². The van der Waals surface area contributed by atoms with Crippen LogP contribution < -0.4 is 5.56 Å². The average Bonchev–Trinajstić information content (AvgIpc) is 3.25. The predicted octanol–water partition coefficient (Wildman–Crippen LogP) is 3.41. The molecule has 1 saturated heterocycles. The minimum absolute atomic E-state index is 0.0765. The van der Waals surface area contributed by atoms with Crippen molar-refractivity contribution >= 4 is 11.6 Å². The van der Waals surface area contributed by atoms with Gasteiger partial charge in [0.25, 0.3) is 11.5 Å². The van der Waals surface area contributed by atoms with Crippen LogP contribution in [-0.4, -0.2) is 43.5 Å². The van der Waals surface area contributed by atoms with Crippen LogP contribution >= 0.6 is 0 Å². The third kappa shape index (κ3) is 3.63. The van der Waals surface area contributed by atoms with Gasteiger partial charge >= 0.3 is 0 Å². The summed E-state index contributed by atoms with van der Waals surface area (Å²) in [4.78, 5) is 36.3. The Morgan fingerprint density at radius 1 is 1.06 bits per heavy atom. The first-order chi connectivity index (χ1) is 15.1. The average molecular weight is 413 g/mol. The van der Waals surface area contributed by atoms with E-state index >= 15 is 0 Å². The maximum Gasteiger partial charge on any atom is 0.272 e. The number of pyridine rings is 1. The van der Waals surface area contributed by atoms with Crippen molar-refractivity contribution in [1.82, 2.24) is 24.5 Å². The fourth-order valence-electron chi connectivity index (χ4n) is 4.26. The Morgan fingerprint density at radius 2 is 1.81 bits per heavy atom. The Balaban J connectivity index is 1.36. The molecule has 5 rings (SSSR count). The van der Waals surface area contributed by atoms with Crippen molar-refractivity contribution in [1.29, 1.82) is 0 Å². The number of aromatic amines is 1. The molecular formula is C24H23N5O2. The van der Waals surface area contributed by atoms with Crippen LogP contribution in [0.5, 0.6) is 0 Å². The van der Waals surface area contributed by atoms with Gasteiger partial charge in [-0.05, 0) is 43.5 Å². The number of benzene rings is 1. The zero-order valence-electron chi connectivity index (χ0n) is 17.3. The van der Waals surface area contributed by atoms with Gasteiger partial charge < -0.3 is 4.90 Å². The standard InChI is InChI=1S/C24H23N5O2/c1-16-4-2-3-5-19(16)24(31)28-12-8-18(9-13-28)20-15-23(30)29-22(26-20)14-21(27-29)17-6-10-25-11-7-17/h2-7,10-11,14-15,18,27H,8-9,12-13H2,1H3. The van der Waals surface area contributed by atoms with E-state index in [-0.39, 0.29) is 17.4 Å². The molecule has 0 atom stereocenters. The molecule has 31 heavy (non-hydrogen) atoms. The molecule has 1 fully saturated rings. The summed E-state index contributed by atoms with van der Waals surface area (Å²) in [6, 6.07) is 15.0. The summed E-state index contributed by atoms with van der Waals surface area (Å²) in [7, 11) is 0. The second kappa shape index (κ2) is 7.83. The highest BCUT2D eigenvalue weighted by Crippen LogP contribution is 2.28. The molecule has 0 unspecified atom stereocenters. The molecule has 3 aromatic heterocycles. The Morgan fingerprint density at radius 3 is 2.55 bits per heavy atom. The summed E-state index contributed by atoms with van der Waals surface area (Å²) in [5.41, 5.74) is 4.80. The normalized spacial score (nSPS) is 14.8. The molecule has 0 spiro atoms. The second-order valence-electron chi connectivity index (χ2n) is 8.00. The van der Waals surface area contributed by atoms with Crippen LogP contribution in [0.3, 0.4) is 0 Å². The van der Waals surface area contributed by atoms with Crippen molar-refractivity contribution in [3.05, 3.63) is 88.1 Å². The van der Waals surface area contributed by atoms with Crippen LogP contribution in [-0.2, 0) is 0 Å². The summed E-state index contributed by atoms with van der Waals surface area (Å²) in [5.74, 6) is 0.241. The molecule has 4 heterocycles. The maximum atomic E-state index is 12.9. The summed E-state index contributed by atoms with van der Waals surface area (Å²) < 4.78 is 1.47. The van der Waals surface area contributed by atoms with Gasteiger partial charge in [-0.1, -0.05) is 18.2 Å². The largest absolute Gasteiger partial charge is 0.339 e. The SMILES string of the molecule is Cc1ccccc1C(=O)N1CCC(c2cc(=O)n3[nH]c(-c4ccncc4)cc3n2)CC1. The number of rotatable bonds is 3. The second-order valence-corrected chi connectivity index (χ2v) is 8.00. The van der Waals surface area contributed by atoms with E-state index in [4.69, 9.17) is 4.98 Å². The first kappa shape index (κ1) is 19.2. The molecule has 7 heteroatoms. The van der Waals surface area contributed by atoms with Crippen LogP contribution in [0.1, 0.15) is 40.4 Å². The number of aromatic nitrogens is 4. The lowest BCUT2D eigenvalue weighted by Gasteiger charge is -2.32. The highest BCUT2D eigenvalue weighted by atomic mass is 16.2. The summed E-state index contributed by atoms with van der Waals surface area (Å²) in [6.07, 6.45) is 5.02. The molecule has 1 aromatic carbocycles.